The van der Waals surface area contributed by atoms with Crippen LogP contribution in [0.25, 0.3) is 0 Å². The van der Waals surface area contributed by atoms with Crippen LogP contribution in [0.5, 0.6) is 0 Å². The van der Waals surface area contributed by atoms with Crippen molar-refractivity contribution in [1.29, 1.82) is 0 Å². The molecule has 0 aliphatic heterocycles. The van der Waals surface area contributed by atoms with E-state index in [1.54, 1.807) is 0 Å². The standard InChI is InChI=1S/C12H17BrFN3O3/c1-16(2)4-6-20-5-3-15-11-8-10(14)9(13)7-12(11)17(18)19/h7-8,15H,3-6H2,1-2H3. The molecule has 0 aliphatic carbocycles. The summed E-state index contributed by atoms with van der Waals surface area (Å²) in [6, 6.07) is 2.24. The van der Waals surface area contributed by atoms with E-state index in [-0.39, 0.29) is 15.8 Å². The molecule has 0 bridgehead atoms. The summed E-state index contributed by atoms with van der Waals surface area (Å²) in [5.74, 6) is -0.549. The van der Waals surface area contributed by atoms with Gasteiger partial charge < -0.3 is 15.0 Å². The fourth-order valence-electron chi connectivity index (χ4n) is 1.44. The van der Waals surface area contributed by atoms with Gasteiger partial charge >= 0.3 is 0 Å². The molecule has 1 aromatic rings. The molecule has 20 heavy (non-hydrogen) atoms. The van der Waals surface area contributed by atoms with Crippen molar-refractivity contribution in [3.05, 3.63) is 32.5 Å². The highest BCUT2D eigenvalue weighted by Crippen LogP contribution is 2.30. The van der Waals surface area contributed by atoms with E-state index in [1.165, 1.54) is 0 Å². The number of ether oxygens (including phenoxy) is 1. The summed E-state index contributed by atoms with van der Waals surface area (Å²) < 4.78 is 18.8. The second-order valence-electron chi connectivity index (χ2n) is 4.38. The minimum absolute atomic E-state index is 0.0667. The SMILES string of the molecule is CN(C)CCOCCNc1cc(F)c(Br)cc1[N+](=O)[O-]. The lowest BCUT2D eigenvalue weighted by atomic mass is 10.2. The van der Waals surface area contributed by atoms with Gasteiger partial charge in [-0.2, -0.15) is 0 Å². The summed E-state index contributed by atoms with van der Waals surface area (Å²) in [6.45, 7) is 2.14. The van der Waals surface area contributed by atoms with Gasteiger partial charge in [0.2, 0.25) is 0 Å². The number of halogens is 2. The summed E-state index contributed by atoms with van der Waals surface area (Å²) >= 11 is 2.93. The van der Waals surface area contributed by atoms with Crippen LogP contribution < -0.4 is 5.32 Å². The van der Waals surface area contributed by atoms with E-state index >= 15 is 0 Å². The lowest BCUT2D eigenvalue weighted by Gasteiger charge is -2.11. The van der Waals surface area contributed by atoms with Crippen molar-refractivity contribution in [2.75, 3.05) is 45.7 Å². The van der Waals surface area contributed by atoms with Crippen molar-refractivity contribution >= 4 is 27.3 Å². The number of nitrogens with one attached hydrogen (secondary N) is 1. The molecule has 0 heterocycles. The molecule has 0 spiro atoms. The molecule has 0 fully saturated rings. The first-order valence-electron chi connectivity index (χ1n) is 6.01. The summed E-state index contributed by atoms with van der Waals surface area (Å²) in [5.41, 5.74) is -0.0292. The van der Waals surface area contributed by atoms with Crippen LogP contribution >= 0.6 is 15.9 Å². The van der Waals surface area contributed by atoms with E-state index in [0.29, 0.717) is 19.8 Å². The number of rotatable bonds is 8. The molecular formula is C12H17BrFN3O3. The third kappa shape index (κ3) is 5.40. The van der Waals surface area contributed by atoms with E-state index < -0.39 is 10.7 Å². The van der Waals surface area contributed by atoms with E-state index in [1.807, 2.05) is 19.0 Å². The van der Waals surface area contributed by atoms with E-state index in [0.717, 1.165) is 18.7 Å². The zero-order chi connectivity index (χ0) is 15.1. The molecule has 1 aromatic carbocycles. The Kier molecular flexibility index (Phi) is 6.83. The number of likely N-dealkylation sites (N-methyl/N-ethyl adjacent to an activating group) is 1. The maximum absolute atomic E-state index is 13.4. The van der Waals surface area contributed by atoms with Gasteiger partial charge in [0.15, 0.2) is 0 Å². The number of benzene rings is 1. The zero-order valence-corrected chi connectivity index (χ0v) is 12.9. The Morgan fingerprint density at radius 2 is 2.15 bits per heavy atom. The van der Waals surface area contributed by atoms with Crippen LogP contribution in [-0.2, 0) is 4.74 Å². The van der Waals surface area contributed by atoms with Crippen LogP contribution in [-0.4, -0.2) is 50.2 Å². The molecule has 0 unspecified atom stereocenters. The van der Waals surface area contributed by atoms with Crippen LogP contribution in [0.15, 0.2) is 16.6 Å². The molecule has 0 aromatic heterocycles. The fourth-order valence-corrected chi connectivity index (χ4v) is 1.77. The number of nitrogens with zero attached hydrogens (tertiary/aromatic N) is 2. The normalized spacial score (nSPS) is 10.8. The summed E-state index contributed by atoms with van der Waals surface area (Å²) in [5, 5.41) is 13.7. The van der Waals surface area contributed by atoms with Crippen molar-refractivity contribution < 1.29 is 14.1 Å². The number of hydrogen-bond acceptors (Lipinski definition) is 5. The van der Waals surface area contributed by atoms with Gasteiger partial charge in [-0.05, 0) is 30.0 Å². The smallest absolute Gasteiger partial charge is 0.293 e. The van der Waals surface area contributed by atoms with Crippen LogP contribution in [0.4, 0.5) is 15.8 Å². The van der Waals surface area contributed by atoms with Crippen LogP contribution in [0.3, 0.4) is 0 Å². The molecule has 0 amide bonds. The van der Waals surface area contributed by atoms with E-state index in [4.69, 9.17) is 4.74 Å². The first kappa shape index (κ1) is 16.8. The van der Waals surface area contributed by atoms with Gasteiger partial charge in [-0.1, -0.05) is 0 Å². The first-order valence-corrected chi connectivity index (χ1v) is 6.81. The first-order chi connectivity index (χ1) is 9.41. The Morgan fingerprint density at radius 3 is 2.75 bits per heavy atom. The molecule has 8 heteroatoms. The Balaban J connectivity index is 2.51. The lowest BCUT2D eigenvalue weighted by molar-refractivity contribution is -0.384. The maximum atomic E-state index is 13.4. The molecule has 0 saturated carbocycles. The summed E-state index contributed by atoms with van der Waals surface area (Å²) in [4.78, 5) is 12.3. The van der Waals surface area contributed by atoms with Crippen molar-refractivity contribution in [1.82, 2.24) is 4.90 Å². The highest BCUT2D eigenvalue weighted by molar-refractivity contribution is 9.10. The van der Waals surface area contributed by atoms with Crippen molar-refractivity contribution in [2.45, 2.75) is 0 Å². The van der Waals surface area contributed by atoms with Crippen molar-refractivity contribution in [3.63, 3.8) is 0 Å². The number of anilines is 1. The van der Waals surface area contributed by atoms with Gasteiger partial charge in [0.05, 0.1) is 22.6 Å². The van der Waals surface area contributed by atoms with Gasteiger partial charge in [-0.3, -0.25) is 10.1 Å². The highest BCUT2D eigenvalue weighted by atomic mass is 79.9. The monoisotopic (exact) mass is 349 g/mol. The molecule has 112 valence electrons. The minimum atomic E-state index is -0.556. The Bertz CT molecular complexity index is 472. The van der Waals surface area contributed by atoms with Gasteiger partial charge in [0, 0.05) is 25.2 Å². The molecule has 6 nitrogen and oxygen atoms in total. The van der Waals surface area contributed by atoms with Gasteiger partial charge in [0.25, 0.3) is 5.69 Å². The molecule has 1 rings (SSSR count). The number of nitro groups is 1. The van der Waals surface area contributed by atoms with Crippen LogP contribution in [0, 0.1) is 15.9 Å². The molecular weight excluding hydrogens is 333 g/mol. The average molecular weight is 350 g/mol. The minimum Gasteiger partial charge on any atom is -0.378 e. The molecule has 0 saturated heterocycles. The summed E-state index contributed by atoms with van der Waals surface area (Å²) in [7, 11) is 3.88. The number of nitro benzene ring substituents is 1. The van der Waals surface area contributed by atoms with Gasteiger partial charge in [-0.15, -0.1) is 0 Å². The predicted octanol–water partition coefficient (Wildman–Crippen LogP) is 2.49. The molecule has 1 N–H and O–H groups in total. The highest BCUT2D eigenvalue weighted by Gasteiger charge is 2.17. The maximum Gasteiger partial charge on any atom is 0.293 e. The Labute approximate surface area is 125 Å². The predicted molar refractivity (Wildman–Crippen MR) is 78.6 cm³/mol. The zero-order valence-electron chi connectivity index (χ0n) is 11.4. The Morgan fingerprint density at radius 1 is 1.45 bits per heavy atom. The quantitative estimate of drug-likeness (QED) is 0.443. The summed E-state index contributed by atoms with van der Waals surface area (Å²) in [6.07, 6.45) is 0. The lowest BCUT2D eigenvalue weighted by Crippen LogP contribution is -2.20. The topological polar surface area (TPSA) is 67.6 Å². The third-order valence-corrected chi connectivity index (χ3v) is 3.09. The van der Waals surface area contributed by atoms with E-state index in [2.05, 4.69) is 21.2 Å². The average Bonchev–Trinajstić information content (AvgIpc) is 2.36. The van der Waals surface area contributed by atoms with Crippen LogP contribution in [0.1, 0.15) is 0 Å². The Hall–Kier alpha value is -1.25. The van der Waals surface area contributed by atoms with Gasteiger partial charge in [0.1, 0.15) is 11.5 Å². The molecule has 0 atom stereocenters. The largest absolute Gasteiger partial charge is 0.378 e. The fraction of sp³-hybridized carbons (Fsp3) is 0.500. The van der Waals surface area contributed by atoms with Crippen molar-refractivity contribution in [2.24, 2.45) is 0 Å². The van der Waals surface area contributed by atoms with E-state index in [9.17, 15) is 14.5 Å². The second kappa shape index (κ2) is 8.13. The third-order valence-electron chi connectivity index (χ3n) is 2.48. The second-order valence-corrected chi connectivity index (χ2v) is 5.24. The number of hydrogen-bond donors (Lipinski definition) is 1. The molecule has 0 radical (unpaired) electrons. The van der Waals surface area contributed by atoms with Crippen molar-refractivity contribution in [3.8, 4) is 0 Å². The molecule has 0 aliphatic rings. The van der Waals surface area contributed by atoms with Gasteiger partial charge in [-0.25, -0.2) is 4.39 Å². The van der Waals surface area contributed by atoms with Crippen LogP contribution in [0.2, 0.25) is 0 Å².